The Bertz CT molecular complexity index is 1390. The van der Waals surface area contributed by atoms with Crippen molar-refractivity contribution in [1.82, 2.24) is 25.1 Å². The van der Waals surface area contributed by atoms with Crippen LogP contribution in [0.25, 0.3) is 16.7 Å². The highest BCUT2D eigenvalue weighted by Gasteiger charge is 2.13. The number of ketones is 1. The minimum absolute atomic E-state index is 0.0273. The third-order valence-electron chi connectivity index (χ3n) is 5.53. The van der Waals surface area contributed by atoms with E-state index < -0.39 is 0 Å². The zero-order valence-electron chi connectivity index (χ0n) is 18.8. The minimum Gasteiger partial charge on any atom is -0.352 e. The van der Waals surface area contributed by atoms with E-state index in [1.807, 2.05) is 25.1 Å². The zero-order valence-corrected chi connectivity index (χ0v) is 21.2. The molecule has 34 heavy (non-hydrogen) atoms. The van der Waals surface area contributed by atoms with Gasteiger partial charge >= 0.3 is 0 Å². The number of rotatable bonds is 8. The van der Waals surface area contributed by atoms with Crippen molar-refractivity contribution < 1.29 is 9.59 Å². The average Bonchev–Trinajstić information content (AvgIpc) is 3.28. The molecule has 3 aromatic heterocycles. The van der Waals surface area contributed by atoms with Crippen LogP contribution in [0.5, 0.6) is 0 Å². The van der Waals surface area contributed by atoms with E-state index in [0.717, 1.165) is 37.6 Å². The van der Waals surface area contributed by atoms with Crippen molar-refractivity contribution in [3.63, 3.8) is 0 Å². The van der Waals surface area contributed by atoms with Crippen LogP contribution in [0.3, 0.4) is 0 Å². The summed E-state index contributed by atoms with van der Waals surface area (Å²) in [6, 6.07) is 7.67. The Morgan fingerprint density at radius 3 is 2.68 bits per heavy atom. The van der Waals surface area contributed by atoms with Gasteiger partial charge in [-0.25, -0.2) is 9.67 Å². The first-order valence-corrected chi connectivity index (χ1v) is 12.0. The number of nitrogens with one attached hydrogen (secondary N) is 1. The molecule has 0 bridgehead atoms. The summed E-state index contributed by atoms with van der Waals surface area (Å²) in [6.07, 6.45) is 7.77. The molecule has 1 amide bonds. The second kappa shape index (κ2) is 10.4. The van der Waals surface area contributed by atoms with E-state index in [2.05, 4.69) is 36.3 Å². The Morgan fingerprint density at radius 1 is 1.09 bits per heavy atom. The van der Waals surface area contributed by atoms with Crippen molar-refractivity contribution in [2.24, 2.45) is 0 Å². The molecular formula is C25H23BrClN5O2. The third kappa shape index (κ3) is 5.51. The third-order valence-corrected chi connectivity index (χ3v) is 6.31. The number of fused-ring (bicyclic) bond motifs is 1. The molecule has 4 aromatic rings. The standard InChI is InChI=1S/C25H23BrClN5O2/c1-3-24(34)29-11-17-12-31-32(14-17)25-22(27)7-16(10-30-25)6-20(33)8-18-13-28-23-5-4-19(26)9-21(23)15(18)2/h4-5,7,9-10,12-14H,3,6,8,11H2,1-2H3,(H,29,34). The topological polar surface area (TPSA) is 89.8 Å². The van der Waals surface area contributed by atoms with Gasteiger partial charge in [-0.1, -0.05) is 34.5 Å². The molecule has 0 aliphatic heterocycles. The van der Waals surface area contributed by atoms with Gasteiger partial charge in [0.05, 0.1) is 16.7 Å². The Hall–Kier alpha value is -3.10. The van der Waals surface area contributed by atoms with Crippen LogP contribution in [-0.4, -0.2) is 31.4 Å². The van der Waals surface area contributed by atoms with Crippen LogP contribution in [0.1, 0.15) is 35.6 Å². The Morgan fingerprint density at radius 2 is 1.91 bits per heavy atom. The first kappa shape index (κ1) is 24.0. The molecule has 174 valence electrons. The number of hydrogen-bond donors (Lipinski definition) is 1. The number of pyridine rings is 2. The number of nitrogens with zero attached hydrogens (tertiary/aromatic N) is 4. The monoisotopic (exact) mass is 539 g/mol. The number of amides is 1. The van der Waals surface area contributed by atoms with Crippen molar-refractivity contribution >= 4 is 50.1 Å². The molecule has 0 atom stereocenters. The molecular weight excluding hydrogens is 518 g/mol. The molecule has 0 fully saturated rings. The van der Waals surface area contributed by atoms with Crippen LogP contribution in [0, 0.1) is 6.92 Å². The van der Waals surface area contributed by atoms with E-state index in [4.69, 9.17) is 11.6 Å². The summed E-state index contributed by atoms with van der Waals surface area (Å²) in [7, 11) is 0. The summed E-state index contributed by atoms with van der Waals surface area (Å²) >= 11 is 9.95. The van der Waals surface area contributed by atoms with E-state index in [0.29, 0.717) is 23.8 Å². The molecule has 7 nitrogen and oxygen atoms in total. The predicted octanol–water partition coefficient (Wildman–Crippen LogP) is 4.92. The van der Waals surface area contributed by atoms with Crippen LogP contribution < -0.4 is 5.32 Å². The number of aryl methyl sites for hydroxylation is 1. The molecule has 4 rings (SSSR count). The lowest BCUT2D eigenvalue weighted by Gasteiger charge is -2.10. The molecule has 0 aliphatic carbocycles. The van der Waals surface area contributed by atoms with Gasteiger partial charge in [-0.3, -0.25) is 14.6 Å². The second-order valence-corrected chi connectivity index (χ2v) is 9.36. The normalized spacial score (nSPS) is 11.1. The molecule has 0 unspecified atom stereocenters. The number of hydrogen-bond acceptors (Lipinski definition) is 5. The van der Waals surface area contributed by atoms with Gasteiger partial charge in [0, 0.05) is 59.8 Å². The number of carbonyl (C=O) groups excluding carboxylic acids is 2. The fraction of sp³-hybridized carbons (Fsp3) is 0.240. The highest BCUT2D eigenvalue weighted by Crippen LogP contribution is 2.25. The number of carbonyl (C=O) groups is 2. The van der Waals surface area contributed by atoms with Gasteiger partial charge < -0.3 is 5.32 Å². The molecule has 0 aliphatic rings. The number of aromatic nitrogens is 4. The largest absolute Gasteiger partial charge is 0.352 e. The molecule has 9 heteroatoms. The maximum atomic E-state index is 12.8. The first-order chi connectivity index (χ1) is 16.3. The van der Waals surface area contributed by atoms with Gasteiger partial charge in [0.15, 0.2) is 5.82 Å². The summed E-state index contributed by atoms with van der Waals surface area (Å²) in [6.45, 7) is 4.20. The minimum atomic E-state index is -0.0273. The molecule has 0 saturated carbocycles. The molecule has 0 saturated heterocycles. The maximum absolute atomic E-state index is 12.8. The van der Waals surface area contributed by atoms with Gasteiger partial charge in [0.2, 0.25) is 5.91 Å². The smallest absolute Gasteiger partial charge is 0.219 e. The average molecular weight is 541 g/mol. The lowest BCUT2D eigenvalue weighted by molar-refractivity contribution is -0.121. The van der Waals surface area contributed by atoms with E-state index in [1.54, 1.807) is 42.5 Å². The van der Waals surface area contributed by atoms with Crippen molar-refractivity contribution in [3.05, 3.63) is 80.8 Å². The first-order valence-electron chi connectivity index (χ1n) is 10.8. The molecule has 3 heterocycles. The fourth-order valence-corrected chi connectivity index (χ4v) is 4.28. The summed E-state index contributed by atoms with van der Waals surface area (Å²) in [5.74, 6) is 0.490. The Kier molecular flexibility index (Phi) is 7.38. The van der Waals surface area contributed by atoms with E-state index in [-0.39, 0.29) is 24.5 Å². The van der Waals surface area contributed by atoms with Crippen molar-refractivity contribution in [3.8, 4) is 5.82 Å². The Balaban J connectivity index is 1.44. The quantitative estimate of drug-likeness (QED) is 0.343. The summed E-state index contributed by atoms with van der Waals surface area (Å²) in [4.78, 5) is 33.1. The van der Waals surface area contributed by atoms with Gasteiger partial charge in [-0.15, -0.1) is 0 Å². The van der Waals surface area contributed by atoms with Crippen LogP contribution in [-0.2, 0) is 29.0 Å². The van der Waals surface area contributed by atoms with Crippen LogP contribution in [0.15, 0.2) is 53.5 Å². The van der Waals surface area contributed by atoms with Gasteiger partial charge in [0.1, 0.15) is 5.78 Å². The van der Waals surface area contributed by atoms with Crippen LogP contribution in [0.4, 0.5) is 0 Å². The highest BCUT2D eigenvalue weighted by molar-refractivity contribution is 9.10. The molecule has 0 radical (unpaired) electrons. The molecule has 1 aromatic carbocycles. The van der Waals surface area contributed by atoms with E-state index in [1.165, 1.54) is 0 Å². The van der Waals surface area contributed by atoms with Crippen molar-refractivity contribution in [2.45, 2.75) is 39.7 Å². The predicted molar refractivity (Wildman–Crippen MR) is 135 cm³/mol. The van der Waals surface area contributed by atoms with Crippen LogP contribution >= 0.6 is 27.5 Å². The highest BCUT2D eigenvalue weighted by atomic mass is 79.9. The molecule has 1 N–H and O–H groups in total. The van der Waals surface area contributed by atoms with Gasteiger partial charge in [0.25, 0.3) is 0 Å². The SMILES string of the molecule is CCC(=O)NCc1cnn(-c2ncc(CC(=O)Cc3cnc4ccc(Br)cc4c3C)cc2Cl)c1. The fourth-order valence-electron chi connectivity index (χ4n) is 3.65. The van der Waals surface area contributed by atoms with E-state index >= 15 is 0 Å². The lowest BCUT2D eigenvalue weighted by Crippen LogP contribution is -2.21. The van der Waals surface area contributed by atoms with Crippen molar-refractivity contribution in [1.29, 1.82) is 0 Å². The summed E-state index contributed by atoms with van der Waals surface area (Å²) in [5.41, 5.74) is 4.43. The lowest BCUT2D eigenvalue weighted by atomic mass is 9.99. The summed E-state index contributed by atoms with van der Waals surface area (Å²) in [5, 5.41) is 8.51. The Labute approximate surface area is 210 Å². The van der Waals surface area contributed by atoms with Crippen LogP contribution in [0.2, 0.25) is 5.02 Å². The molecule has 0 spiro atoms. The van der Waals surface area contributed by atoms with E-state index in [9.17, 15) is 9.59 Å². The maximum Gasteiger partial charge on any atom is 0.219 e. The van der Waals surface area contributed by atoms with Gasteiger partial charge in [-0.2, -0.15) is 5.10 Å². The second-order valence-electron chi connectivity index (χ2n) is 8.03. The zero-order chi connectivity index (χ0) is 24.2. The summed E-state index contributed by atoms with van der Waals surface area (Å²) < 4.78 is 2.54. The number of benzene rings is 1. The van der Waals surface area contributed by atoms with Gasteiger partial charge in [-0.05, 0) is 47.9 Å². The number of Topliss-reactive ketones (excluding diaryl/α,β-unsaturated/α-hetero) is 1. The van der Waals surface area contributed by atoms with Crippen molar-refractivity contribution in [2.75, 3.05) is 0 Å². The number of halogens is 2.